The van der Waals surface area contributed by atoms with Crippen LogP contribution in [0.25, 0.3) is 0 Å². The molecule has 1 aromatic rings. The zero-order chi connectivity index (χ0) is 11.1. The molecule has 1 N–H and O–H groups in total. The number of rotatable bonds is 4. The number of carbonyl (C=O) groups excluding carboxylic acids is 1. The van der Waals surface area contributed by atoms with Gasteiger partial charge >= 0.3 is 0 Å². The average Bonchev–Trinajstić information content (AvgIpc) is 2.27. The van der Waals surface area contributed by atoms with E-state index in [9.17, 15) is 4.79 Å². The molecule has 1 aromatic carbocycles. The minimum absolute atomic E-state index is 0.115. The summed E-state index contributed by atoms with van der Waals surface area (Å²) in [6.07, 6.45) is 7.22. The van der Waals surface area contributed by atoms with Gasteiger partial charge in [0, 0.05) is 5.56 Å². The fraction of sp³-hybridized carbons (Fsp3) is 0.308. The van der Waals surface area contributed by atoms with E-state index in [1.54, 1.807) is 0 Å². The van der Waals surface area contributed by atoms with Gasteiger partial charge in [0.05, 0.1) is 6.54 Å². The van der Waals surface area contributed by atoms with E-state index in [1.165, 1.54) is 5.56 Å². The Morgan fingerprint density at radius 1 is 1.40 bits per heavy atom. The molecule has 0 aliphatic carbocycles. The van der Waals surface area contributed by atoms with Crippen LogP contribution in [0.4, 0.5) is 0 Å². The molecule has 0 fully saturated rings. The lowest BCUT2D eigenvalue weighted by atomic mass is 10.1. The van der Waals surface area contributed by atoms with Crippen LogP contribution in [0.5, 0.6) is 0 Å². The van der Waals surface area contributed by atoms with Crippen molar-refractivity contribution in [3.05, 3.63) is 35.4 Å². The zero-order valence-electron chi connectivity index (χ0n) is 8.92. The minimum atomic E-state index is -0.115. The van der Waals surface area contributed by atoms with Crippen molar-refractivity contribution < 1.29 is 4.79 Å². The van der Waals surface area contributed by atoms with Gasteiger partial charge in [-0.05, 0) is 24.1 Å². The molecule has 0 bridgehead atoms. The maximum atomic E-state index is 11.5. The van der Waals surface area contributed by atoms with Crippen molar-refractivity contribution in [2.45, 2.75) is 19.8 Å². The lowest BCUT2D eigenvalue weighted by molar-refractivity contribution is 0.0958. The molecular weight excluding hydrogens is 186 g/mol. The first-order valence-corrected chi connectivity index (χ1v) is 5.08. The van der Waals surface area contributed by atoms with Crippen LogP contribution in [0, 0.1) is 12.3 Å². The van der Waals surface area contributed by atoms with Gasteiger partial charge < -0.3 is 5.32 Å². The summed E-state index contributed by atoms with van der Waals surface area (Å²) in [5.41, 5.74) is 1.91. The van der Waals surface area contributed by atoms with E-state index in [0.29, 0.717) is 5.56 Å². The first kappa shape index (κ1) is 11.3. The number of benzene rings is 1. The van der Waals surface area contributed by atoms with Gasteiger partial charge in [-0.15, -0.1) is 6.42 Å². The minimum Gasteiger partial charge on any atom is -0.341 e. The van der Waals surface area contributed by atoms with E-state index < -0.39 is 0 Å². The fourth-order valence-corrected chi connectivity index (χ4v) is 1.34. The molecule has 0 aliphatic rings. The van der Waals surface area contributed by atoms with Gasteiger partial charge in [-0.25, -0.2) is 0 Å². The van der Waals surface area contributed by atoms with Crippen LogP contribution < -0.4 is 5.32 Å². The first-order valence-electron chi connectivity index (χ1n) is 5.08. The van der Waals surface area contributed by atoms with Crippen molar-refractivity contribution in [3.8, 4) is 12.3 Å². The summed E-state index contributed by atoms with van der Waals surface area (Å²) in [5, 5.41) is 2.63. The number of hydrogen-bond donors (Lipinski definition) is 1. The molecular formula is C13H15NO. The molecule has 0 aliphatic heterocycles. The SMILES string of the molecule is C#CCNC(=O)c1ccc(CCC)cc1. The molecule has 15 heavy (non-hydrogen) atoms. The highest BCUT2D eigenvalue weighted by Crippen LogP contribution is 2.06. The summed E-state index contributed by atoms with van der Waals surface area (Å²) in [5.74, 6) is 2.25. The molecule has 0 saturated heterocycles. The number of amides is 1. The third-order valence-corrected chi connectivity index (χ3v) is 2.11. The Kier molecular flexibility index (Phi) is 4.43. The molecule has 0 unspecified atom stereocenters. The lowest BCUT2D eigenvalue weighted by Gasteiger charge is -2.03. The standard InChI is InChI=1S/C13H15NO/c1-3-5-11-6-8-12(9-7-11)13(15)14-10-4-2/h2,6-9H,3,5,10H2,1H3,(H,14,15). The Labute approximate surface area is 90.7 Å². The summed E-state index contributed by atoms with van der Waals surface area (Å²) >= 11 is 0. The topological polar surface area (TPSA) is 29.1 Å². The van der Waals surface area contributed by atoms with E-state index in [4.69, 9.17) is 6.42 Å². The van der Waals surface area contributed by atoms with Gasteiger partial charge in [-0.1, -0.05) is 31.4 Å². The molecule has 0 atom stereocenters. The normalized spacial score (nSPS) is 9.33. The van der Waals surface area contributed by atoms with Crippen molar-refractivity contribution >= 4 is 5.91 Å². The highest BCUT2D eigenvalue weighted by molar-refractivity contribution is 5.94. The smallest absolute Gasteiger partial charge is 0.252 e. The Bertz CT molecular complexity index is 359. The Hall–Kier alpha value is -1.75. The zero-order valence-corrected chi connectivity index (χ0v) is 8.92. The summed E-state index contributed by atoms with van der Waals surface area (Å²) in [7, 11) is 0. The van der Waals surface area contributed by atoms with E-state index in [1.807, 2.05) is 24.3 Å². The van der Waals surface area contributed by atoms with Gasteiger partial charge in [0.1, 0.15) is 0 Å². The van der Waals surface area contributed by atoms with Crippen molar-refractivity contribution in [3.63, 3.8) is 0 Å². The molecule has 0 saturated carbocycles. The molecule has 2 nitrogen and oxygen atoms in total. The predicted molar refractivity (Wildman–Crippen MR) is 61.6 cm³/mol. The number of hydrogen-bond acceptors (Lipinski definition) is 1. The maximum Gasteiger partial charge on any atom is 0.252 e. The van der Waals surface area contributed by atoms with Gasteiger partial charge in [0.15, 0.2) is 0 Å². The van der Waals surface area contributed by atoms with Crippen molar-refractivity contribution in [1.82, 2.24) is 5.32 Å². The number of aryl methyl sites for hydroxylation is 1. The summed E-state index contributed by atoms with van der Waals surface area (Å²) in [4.78, 5) is 11.5. The first-order chi connectivity index (χ1) is 7.27. The highest BCUT2D eigenvalue weighted by Gasteiger charge is 2.02. The van der Waals surface area contributed by atoms with Gasteiger partial charge in [-0.3, -0.25) is 4.79 Å². The fourth-order valence-electron chi connectivity index (χ4n) is 1.34. The predicted octanol–water partition coefficient (Wildman–Crippen LogP) is 2.00. The van der Waals surface area contributed by atoms with Gasteiger partial charge in [0.25, 0.3) is 5.91 Å². The quantitative estimate of drug-likeness (QED) is 0.742. The second kappa shape index (κ2) is 5.87. The number of terminal acetylenes is 1. The number of carbonyl (C=O) groups is 1. The van der Waals surface area contributed by atoms with Crippen LogP contribution in [0.2, 0.25) is 0 Å². The number of nitrogens with one attached hydrogen (secondary N) is 1. The van der Waals surface area contributed by atoms with Crippen molar-refractivity contribution in [2.75, 3.05) is 6.54 Å². The van der Waals surface area contributed by atoms with Crippen LogP contribution in [-0.2, 0) is 6.42 Å². The molecule has 1 rings (SSSR count). The molecule has 0 aromatic heterocycles. The molecule has 0 heterocycles. The van der Waals surface area contributed by atoms with E-state index in [-0.39, 0.29) is 12.5 Å². The van der Waals surface area contributed by atoms with Crippen molar-refractivity contribution in [1.29, 1.82) is 0 Å². The average molecular weight is 201 g/mol. The Morgan fingerprint density at radius 3 is 2.60 bits per heavy atom. The van der Waals surface area contributed by atoms with Crippen molar-refractivity contribution in [2.24, 2.45) is 0 Å². The monoisotopic (exact) mass is 201 g/mol. The van der Waals surface area contributed by atoms with Crippen LogP contribution in [0.3, 0.4) is 0 Å². The third-order valence-electron chi connectivity index (χ3n) is 2.11. The molecule has 0 radical (unpaired) electrons. The summed E-state index contributed by atoms with van der Waals surface area (Å²) < 4.78 is 0. The second-order valence-electron chi connectivity index (χ2n) is 3.33. The lowest BCUT2D eigenvalue weighted by Crippen LogP contribution is -2.23. The second-order valence-corrected chi connectivity index (χ2v) is 3.33. The summed E-state index contributed by atoms with van der Waals surface area (Å²) in [6.45, 7) is 2.41. The van der Waals surface area contributed by atoms with Crippen LogP contribution in [0.15, 0.2) is 24.3 Å². The van der Waals surface area contributed by atoms with E-state index in [2.05, 4.69) is 18.2 Å². The molecule has 0 spiro atoms. The van der Waals surface area contributed by atoms with E-state index in [0.717, 1.165) is 12.8 Å². The van der Waals surface area contributed by atoms with Crippen LogP contribution in [-0.4, -0.2) is 12.5 Å². The Morgan fingerprint density at radius 2 is 2.07 bits per heavy atom. The summed E-state index contributed by atoms with van der Waals surface area (Å²) in [6, 6.07) is 7.62. The van der Waals surface area contributed by atoms with Crippen LogP contribution >= 0.6 is 0 Å². The van der Waals surface area contributed by atoms with Crippen LogP contribution in [0.1, 0.15) is 29.3 Å². The third kappa shape index (κ3) is 3.47. The molecule has 78 valence electrons. The molecule has 2 heteroatoms. The largest absolute Gasteiger partial charge is 0.341 e. The highest BCUT2D eigenvalue weighted by atomic mass is 16.1. The van der Waals surface area contributed by atoms with E-state index >= 15 is 0 Å². The molecule has 1 amide bonds. The van der Waals surface area contributed by atoms with Gasteiger partial charge in [0.2, 0.25) is 0 Å². The van der Waals surface area contributed by atoms with Gasteiger partial charge in [-0.2, -0.15) is 0 Å². The Balaban J connectivity index is 2.63. The maximum absolute atomic E-state index is 11.5.